The van der Waals surface area contributed by atoms with Crippen LogP contribution in [-0.4, -0.2) is 55.3 Å². The van der Waals surface area contributed by atoms with Gasteiger partial charge in [-0.2, -0.15) is 11.8 Å². The molecule has 0 aliphatic carbocycles. The van der Waals surface area contributed by atoms with Gasteiger partial charge in [-0.15, -0.1) is 11.8 Å². The average molecular weight is 338 g/mol. The standard InChI is InChI=1S/C17H27N3S2/c1-18-17(19-10-6-12-21-2)20-11-9-15(13-20)14-22-16-7-4-3-5-8-16/h3-5,7-8,15H,6,9-14H2,1-2H3,(H,18,19). The first kappa shape index (κ1) is 17.5. The van der Waals surface area contributed by atoms with Gasteiger partial charge < -0.3 is 10.2 Å². The minimum Gasteiger partial charge on any atom is -0.356 e. The molecule has 5 heteroatoms. The lowest BCUT2D eigenvalue weighted by Gasteiger charge is -2.21. The Morgan fingerprint density at radius 3 is 2.91 bits per heavy atom. The number of thioether (sulfide) groups is 2. The van der Waals surface area contributed by atoms with Gasteiger partial charge in [0, 0.05) is 37.3 Å². The number of rotatable bonds is 7. The fraction of sp³-hybridized carbons (Fsp3) is 0.588. The highest BCUT2D eigenvalue weighted by molar-refractivity contribution is 7.99. The molecule has 1 aliphatic rings. The second kappa shape index (κ2) is 10.1. The molecule has 1 fully saturated rings. The summed E-state index contributed by atoms with van der Waals surface area (Å²) >= 11 is 3.88. The van der Waals surface area contributed by atoms with E-state index in [1.807, 2.05) is 30.6 Å². The number of nitrogens with one attached hydrogen (secondary N) is 1. The third-order valence-corrected chi connectivity index (χ3v) is 5.77. The van der Waals surface area contributed by atoms with E-state index in [1.165, 1.54) is 29.2 Å². The fourth-order valence-electron chi connectivity index (χ4n) is 2.64. The molecule has 1 aromatic rings. The monoisotopic (exact) mass is 337 g/mol. The van der Waals surface area contributed by atoms with Crippen molar-refractivity contribution in [1.29, 1.82) is 0 Å². The van der Waals surface area contributed by atoms with E-state index < -0.39 is 0 Å². The Kier molecular flexibility index (Phi) is 8.02. The minimum atomic E-state index is 0.759. The zero-order chi connectivity index (χ0) is 15.6. The van der Waals surface area contributed by atoms with Crippen LogP contribution < -0.4 is 5.32 Å². The predicted octanol–water partition coefficient (Wildman–Crippen LogP) is 3.43. The van der Waals surface area contributed by atoms with Gasteiger partial charge in [0.05, 0.1) is 0 Å². The molecule has 2 rings (SSSR count). The van der Waals surface area contributed by atoms with E-state index in [1.54, 1.807) is 0 Å². The van der Waals surface area contributed by atoms with Crippen LogP contribution in [-0.2, 0) is 0 Å². The van der Waals surface area contributed by atoms with Crippen molar-refractivity contribution in [2.24, 2.45) is 10.9 Å². The van der Waals surface area contributed by atoms with Crippen LogP contribution >= 0.6 is 23.5 Å². The van der Waals surface area contributed by atoms with E-state index in [9.17, 15) is 0 Å². The van der Waals surface area contributed by atoms with Crippen LogP contribution in [0.3, 0.4) is 0 Å². The van der Waals surface area contributed by atoms with Gasteiger partial charge in [-0.25, -0.2) is 0 Å². The summed E-state index contributed by atoms with van der Waals surface area (Å²) in [4.78, 5) is 8.23. The second-order valence-corrected chi connectivity index (χ2v) is 7.62. The van der Waals surface area contributed by atoms with Crippen molar-refractivity contribution in [2.45, 2.75) is 17.7 Å². The van der Waals surface area contributed by atoms with Crippen LogP contribution in [0.5, 0.6) is 0 Å². The number of likely N-dealkylation sites (tertiary alicyclic amines) is 1. The van der Waals surface area contributed by atoms with Crippen LogP contribution in [0.2, 0.25) is 0 Å². The van der Waals surface area contributed by atoms with Crippen molar-refractivity contribution in [3.63, 3.8) is 0 Å². The van der Waals surface area contributed by atoms with Gasteiger partial charge in [0.25, 0.3) is 0 Å². The van der Waals surface area contributed by atoms with Gasteiger partial charge in [0.2, 0.25) is 0 Å². The van der Waals surface area contributed by atoms with E-state index in [4.69, 9.17) is 0 Å². The van der Waals surface area contributed by atoms with E-state index in [0.29, 0.717) is 0 Å². The molecule has 0 spiro atoms. The van der Waals surface area contributed by atoms with Crippen LogP contribution in [0.25, 0.3) is 0 Å². The normalized spacial score (nSPS) is 18.7. The molecule has 1 unspecified atom stereocenters. The molecule has 0 radical (unpaired) electrons. The number of benzene rings is 1. The molecule has 1 aromatic carbocycles. The van der Waals surface area contributed by atoms with Gasteiger partial charge in [0.15, 0.2) is 5.96 Å². The Bertz CT molecular complexity index is 450. The Morgan fingerprint density at radius 1 is 1.36 bits per heavy atom. The molecule has 1 N–H and O–H groups in total. The van der Waals surface area contributed by atoms with Gasteiger partial charge in [-0.1, -0.05) is 18.2 Å². The van der Waals surface area contributed by atoms with E-state index in [0.717, 1.165) is 31.5 Å². The zero-order valence-electron chi connectivity index (χ0n) is 13.6. The van der Waals surface area contributed by atoms with Gasteiger partial charge in [-0.05, 0) is 42.9 Å². The zero-order valence-corrected chi connectivity index (χ0v) is 15.3. The Labute approximate surface area is 143 Å². The number of aliphatic imine (C=N–C) groups is 1. The van der Waals surface area contributed by atoms with Crippen molar-refractivity contribution < 1.29 is 0 Å². The van der Waals surface area contributed by atoms with Crippen molar-refractivity contribution in [3.8, 4) is 0 Å². The summed E-state index contributed by atoms with van der Waals surface area (Å²) in [6.45, 7) is 3.28. The molecular weight excluding hydrogens is 310 g/mol. The van der Waals surface area contributed by atoms with Crippen LogP contribution in [0.1, 0.15) is 12.8 Å². The molecule has 122 valence electrons. The molecular formula is C17H27N3S2. The van der Waals surface area contributed by atoms with Crippen molar-refractivity contribution >= 4 is 29.5 Å². The quantitative estimate of drug-likeness (QED) is 0.357. The topological polar surface area (TPSA) is 27.6 Å². The Hall–Kier alpha value is -0.810. The van der Waals surface area contributed by atoms with Crippen molar-refractivity contribution in [1.82, 2.24) is 10.2 Å². The van der Waals surface area contributed by atoms with Crippen molar-refractivity contribution in [3.05, 3.63) is 30.3 Å². The third-order valence-electron chi connectivity index (χ3n) is 3.83. The lowest BCUT2D eigenvalue weighted by Crippen LogP contribution is -2.40. The number of nitrogens with zero attached hydrogens (tertiary/aromatic N) is 2. The second-order valence-electron chi connectivity index (χ2n) is 5.55. The number of hydrogen-bond acceptors (Lipinski definition) is 3. The third kappa shape index (κ3) is 5.76. The molecule has 0 saturated carbocycles. The number of guanidine groups is 1. The predicted molar refractivity (Wildman–Crippen MR) is 101 cm³/mol. The Balaban J connectivity index is 1.71. The van der Waals surface area contributed by atoms with Gasteiger partial charge in [-0.3, -0.25) is 4.99 Å². The van der Waals surface area contributed by atoms with Gasteiger partial charge in [0.1, 0.15) is 0 Å². The summed E-state index contributed by atoms with van der Waals surface area (Å²) < 4.78 is 0. The van der Waals surface area contributed by atoms with E-state index in [2.05, 4.69) is 51.8 Å². The summed E-state index contributed by atoms with van der Waals surface area (Å²) in [6, 6.07) is 10.7. The maximum absolute atomic E-state index is 4.44. The van der Waals surface area contributed by atoms with Gasteiger partial charge >= 0.3 is 0 Å². The van der Waals surface area contributed by atoms with E-state index in [-0.39, 0.29) is 0 Å². The molecule has 1 saturated heterocycles. The van der Waals surface area contributed by atoms with Crippen LogP contribution in [0, 0.1) is 5.92 Å². The molecule has 1 heterocycles. The summed E-state index contributed by atoms with van der Waals surface area (Å²) in [5.74, 6) is 4.24. The highest BCUT2D eigenvalue weighted by atomic mass is 32.2. The first-order chi connectivity index (χ1) is 10.8. The lowest BCUT2D eigenvalue weighted by molar-refractivity contribution is 0.474. The highest BCUT2D eigenvalue weighted by Gasteiger charge is 2.24. The average Bonchev–Trinajstić information content (AvgIpc) is 3.03. The molecule has 0 aromatic heterocycles. The first-order valence-corrected chi connectivity index (χ1v) is 10.3. The first-order valence-electron chi connectivity index (χ1n) is 7.96. The lowest BCUT2D eigenvalue weighted by atomic mass is 10.2. The Morgan fingerprint density at radius 2 is 2.18 bits per heavy atom. The molecule has 22 heavy (non-hydrogen) atoms. The maximum atomic E-state index is 4.44. The summed E-state index contributed by atoms with van der Waals surface area (Å²) in [5.41, 5.74) is 0. The highest BCUT2D eigenvalue weighted by Crippen LogP contribution is 2.25. The maximum Gasteiger partial charge on any atom is 0.193 e. The molecule has 0 bridgehead atoms. The summed E-state index contributed by atoms with van der Waals surface area (Å²) in [7, 11) is 1.89. The molecule has 1 atom stereocenters. The largest absolute Gasteiger partial charge is 0.356 e. The summed E-state index contributed by atoms with van der Waals surface area (Å²) in [6.07, 6.45) is 4.62. The number of hydrogen-bond donors (Lipinski definition) is 1. The van der Waals surface area contributed by atoms with Crippen molar-refractivity contribution in [2.75, 3.05) is 44.4 Å². The van der Waals surface area contributed by atoms with E-state index >= 15 is 0 Å². The summed E-state index contributed by atoms with van der Waals surface area (Å²) in [5, 5.41) is 3.50. The molecule has 1 aliphatic heterocycles. The molecule has 3 nitrogen and oxygen atoms in total. The SMILES string of the molecule is CN=C(NCCCSC)N1CCC(CSc2ccccc2)C1. The van der Waals surface area contributed by atoms with Crippen LogP contribution in [0.4, 0.5) is 0 Å². The fourth-order valence-corrected chi connectivity index (χ4v) is 4.12. The molecule has 0 amide bonds. The smallest absolute Gasteiger partial charge is 0.193 e. The van der Waals surface area contributed by atoms with Crippen LogP contribution in [0.15, 0.2) is 40.2 Å². The minimum absolute atomic E-state index is 0.759.